The molecule has 0 radical (unpaired) electrons. The fourth-order valence-electron chi connectivity index (χ4n) is 4.46. The van der Waals surface area contributed by atoms with Gasteiger partial charge in [0.25, 0.3) is 0 Å². The lowest BCUT2D eigenvalue weighted by Gasteiger charge is -2.27. The van der Waals surface area contributed by atoms with E-state index in [2.05, 4.69) is 15.5 Å². The van der Waals surface area contributed by atoms with E-state index in [0.717, 1.165) is 61.9 Å². The highest BCUT2D eigenvalue weighted by Crippen LogP contribution is 2.33. The number of benzene rings is 2. The van der Waals surface area contributed by atoms with Crippen molar-refractivity contribution in [2.24, 2.45) is 0 Å². The molecule has 2 aromatic carbocycles. The number of carbonyl (C=O) groups excluding carboxylic acids is 1. The summed E-state index contributed by atoms with van der Waals surface area (Å²) in [5.41, 5.74) is 2.80. The summed E-state index contributed by atoms with van der Waals surface area (Å²) in [6.45, 7) is 5.77. The Morgan fingerprint density at radius 1 is 1.03 bits per heavy atom. The molecule has 0 unspecified atom stereocenters. The number of morpholine rings is 1. The predicted molar refractivity (Wildman–Crippen MR) is 113 cm³/mol. The Bertz CT molecular complexity index is 1040. The number of para-hydroxylation sites is 2. The van der Waals surface area contributed by atoms with E-state index in [0.29, 0.717) is 13.0 Å². The molecule has 0 N–H and O–H groups in total. The Hall–Kier alpha value is -2.77. The molecular formula is C23H25FN4O2. The summed E-state index contributed by atoms with van der Waals surface area (Å²) in [5, 5.41) is 0. The van der Waals surface area contributed by atoms with Gasteiger partial charge in [0.15, 0.2) is 0 Å². The van der Waals surface area contributed by atoms with E-state index in [1.54, 1.807) is 17.0 Å². The van der Waals surface area contributed by atoms with E-state index in [-0.39, 0.29) is 17.6 Å². The summed E-state index contributed by atoms with van der Waals surface area (Å²) >= 11 is 0. The van der Waals surface area contributed by atoms with E-state index in [9.17, 15) is 9.18 Å². The molecule has 6 nitrogen and oxygen atoms in total. The summed E-state index contributed by atoms with van der Waals surface area (Å²) < 4.78 is 21.0. The molecule has 156 valence electrons. The number of fused-ring (bicyclic) bond motifs is 1. The zero-order chi connectivity index (χ0) is 20.5. The second-order valence-corrected chi connectivity index (χ2v) is 7.95. The van der Waals surface area contributed by atoms with Gasteiger partial charge in [-0.05, 0) is 36.4 Å². The van der Waals surface area contributed by atoms with Crippen molar-refractivity contribution in [1.29, 1.82) is 0 Å². The smallest absolute Gasteiger partial charge is 0.227 e. The monoisotopic (exact) mass is 408 g/mol. The molecule has 0 bridgehead atoms. The molecule has 7 heteroatoms. The van der Waals surface area contributed by atoms with Crippen LogP contribution in [0.5, 0.6) is 0 Å². The fourth-order valence-corrected chi connectivity index (χ4v) is 4.46. The van der Waals surface area contributed by atoms with Crippen LogP contribution in [0.4, 0.5) is 10.1 Å². The molecule has 1 aromatic heterocycles. The van der Waals surface area contributed by atoms with Gasteiger partial charge < -0.3 is 14.2 Å². The molecule has 3 heterocycles. The minimum atomic E-state index is -0.299. The zero-order valence-electron chi connectivity index (χ0n) is 16.8. The highest BCUT2D eigenvalue weighted by molar-refractivity contribution is 5.96. The number of imidazole rings is 1. The zero-order valence-corrected chi connectivity index (χ0v) is 16.8. The van der Waals surface area contributed by atoms with Gasteiger partial charge in [-0.15, -0.1) is 0 Å². The lowest BCUT2D eigenvalue weighted by Crippen LogP contribution is -2.38. The van der Waals surface area contributed by atoms with Crippen LogP contribution in [0.15, 0.2) is 48.5 Å². The molecule has 0 saturated carbocycles. The Morgan fingerprint density at radius 2 is 1.80 bits per heavy atom. The number of carbonyl (C=O) groups is 1. The number of hydrogen-bond donors (Lipinski definition) is 0. The minimum absolute atomic E-state index is 0.0136. The van der Waals surface area contributed by atoms with Gasteiger partial charge in [-0.3, -0.25) is 9.69 Å². The molecule has 3 aromatic rings. The SMILES string of the molecule is O=C1C[C@H](c2nc3ccccc3n2CCN2CCOCC2)CN1c1ccc(F)cc1. The molecule has 2 saturated heterocycles. The van der Waals surface area contributed by atoms with Crippen LogP contribution in [0.1, 0.15) is 18.2 Å². The Labute approximate surface area is 174 Å². The summed E-state index contributed by atoms with van der Waals surface area (Å²) in [7, 11) is 0. The highest BCUT2D eigenvalue weighted by Gasteiger charge is 2.34. The molecule has 5 rings (SSSR count). The first-order valence-corrected chi connectivity index (χ1v) is 10.5. The van der Waals surface area contributed by atoms with Crippen molar-refractivity contribution in [2.75, 3.05) is 44.3 Å². The Morgan fingerprint density at radius 3 is 2.60 bits per heavy atom. The lowest BCUT2D eigenvalue weighted by molar-refractivity contribution is -0.117. The number of amides is 1. The molecule has 2 fully saturated rings. The number of anilines is 1. The summed E-state index contributed by atoms with van der Waals surface area (Å²) in [4.78, 5) is 21.8. The first-order chi connectivity index (χ1) is 14.7. The van der Waals surface area contributed by atoms with Gasteiger partial charge in [0.2, 0.25) is 5.91 Å². The molecule has 2 aliphatic rings. The molecule has 30 heavy (non-hydrogen) atoms. The third-order valence-corrected chi connectivity index (χ3v) is 6.06. The normalized spacial score (nSPS) is 20.4. The third kappa shape index (κ3) is 3.70. The highest BCUT2D eigenvalue weighted by atomic mass is 19.1. The number of aromatic nitrogens is 2. The maximum atomic E-state index is 13.3. The minimum Gasteiger partial charge on any atom is -0.379 e. The quantitative estimate of drug-likeness (QED) is 0.651. The number of ether oxygens (including phenoxy) is 1. The van der Waals surface area contributed by atoms with Crippen LogP contribution < -0.4 is 4.90 Å². The van der Waals surface area contributed by atoms with E-state index < -0.39 is 0 Å². The van der Waals surface area contributed by atoms with Crippen LogP contribution in [0.3, 0.4) is 0 Å². The van der Waals surface area contributed by atoms with Gasteiger partial charge in [0.1, 0.15) is 11.6 Å². The van der Waals surface area contributed by atoms with E-state index >= 15 is 0 Å². The summed E-state index contributed by atoms with van der Waals surface area (Å²) in [6.07, 6.45) is 0.415. The van der Waals surface area contributed by atoms with Crippen molar-refractivity contribution in [2.45, 2.75) is 18.9 Å². The maximum absolute atomic E-state index is 13.3. The van der Waals surface area contributed by atoms with Gasteiger partial charge in [0.05, 0.1) is 24.2 Å². The van der Waals surface area contributed by atoms with Crippen LogP contribution in [0.2, 0.25) is 0 Å². The van der Waals surface area contributed by atoms with Crippen molar-refractivity contribution < 1.29 is 13.9 Å². The van der Waals surface area contributed by atoms with Crippen LogP contribution in [-0.4, -0.2) is 59.8 Å². The van der Waals surface area contributed by atoms with Crippen molar-refractivity contribution in [3.63, 3.8) is 0 Å². The molecule has 1 amide bonds. The lowest BCUT2D eigenvalue weighted by atomic mass is 10.1. The topological polar surface area (TPSA) is 50.6 Å². The van der Waals surface area contributed by atoms with Gasteiger partial charge in [-0.2, -0.15) is 0 Å². The van der Waals surface area contributed by atoms with Crippen LogP contribution in [0.25, 0.3) is 11.0 Å². The van der Waals surface area contributed by atoms with Crippen molar-refractivity contribution >= 4 is 22.6 Å². The molecular weight excluding hydrogens is 383 g/mol. The average Bonchev–Trinajstić information content (AvgIpc) is 3.34. The first kappa shape index (κ1) is 19.2. The predicted octanol–water partition coefficient (Wildman–Crippen LogP) is 3.03. The van der Waals surface area contributed by atoms with Crippen molar-refractivity contribution in [3.8, 4) is 0 Å². The average molecular weight is 408 g/mol. The van der Waals surface area contributed by atoms with E-state index in [1.165, 1.54) is 12.1 Å². The van der Waals surface area contributed by atoms with Gasteiger partial charge in [-0.1, -0.05) is 12.1 Å². The summed E-state index contributed by atoms with van der Waals surface area (Å²) in [5.74, 6) is 0.729. The largest absolute Gasteiger partial charge is 0.379 e. The number of hydrogen-bond acceptors (Lipinski definition) is 4. The standard InChI is InChI=1S/C23H25FN4O2/c24-18-5-7-19(8-6-18)28-16-17(15-22(28)29)23-25-20-3-1-2-4-21(20)27(23)10-9-26-11-13-30-14-12-26/h1-8,17H,9-16H2/t17-/m0/s1. The molecule has 0 spiro atoms. The molecule has 2 aliphatic heterocycles. The third-order valence-electron chi connectivity index (χ3n) is 6.06. The van der Waals surface area contributed by atoms with Crippen LogP contribution in [-0.2, 0) is 16.1 Å². The Balaban J connectivity index is 1.42. The fraction of sp³-hybridized carbons (Fsp3) is 0.391. The first-order valence-electron chi connectivity index (χ1n) is 10.5. The second kappa shape index (κ2) is 8.16. The second-order valence-electron chi connectivity index (χ2n) is 7.95. The molecule has 1 atom stereocenters. The van der Waals surface area contributed by atoms with E-state index in [4.69, 9.17) is 9.72 Å². The number of nitrogens with zero attached hydrogens (tertiary/aromatic N) is 4. The molecule has 0 aliphatic carbocycles. The van der Waals surface area contributed by atoms with Crippen molar-refractivity contribution in [3.05, 3.63) is 60.2 Å². The van der Waals surface area contributed by atoms with Crippen LogP contribution >= 0.6 is 0 Å². The van der Waals surface area contributed by atoms with Gasteiger partial charge in [-0.25, -0.2) is 9.37 Å². The van der Waals surface area contributed by atoms with Gasteiger partial charge >= 0.3 is 0 Å². The maximum Gasteiger partial charge on any atom is 0.227 e. The summed E-state index contributed by atoms with van der Waals surface area (Å²) in [6, 6.07) is 14.3. The number of rotatable bonds is 5. The van der Waals surface area contributed by atoms with Crippen LogP contribution in [0, 0.1) is 5.82 Å². The van der Waals surface area contributed by atoms with Crippen molar-refractivity contribution in [1.82, 2.24) is 14.5 Å². The van der Waals surface area contributed by atoms with E-state index in [1.807, 2.05) is 18.2 Å². The van der Waals surface area contributed by atoms with Gasteiger partial charge in [0, 0.05) is 50.7 Å². The Kier molecular flexibility index (Phi) is 5.23. The number of halogens is 1.